The highest BCUT2D eigenvalue weighted by Crippen LogP contribution is 2.16. The summed E-state index contributed by atoms with van der Waals surface area (Å²) in [5.41, 5.74) is 1.64. The zero-order chi connectivity index (χ0) is 19.4. The van der Waals surface area contributed by atoms with Gasteiger partial charge in [0.15, 0.2) is 0 Å². The van der Waals surface area contributed by atoms with Gasteiger partial charge in [-0.1, -0.05) is 36.2 Å². The zero-order valence-electron chi connectivity index (χ0n) is 16.4. The summed E-state index contributed by atoms with van der Waals surface area (Å²) in [6, 6.07) is 8.29. The van der Waals surface area contributed by atoms with Crippen molar-refractivity contribution in [2.45, 2.75) is 39.2 Å². The molecular weight excluding hydrogens is 340 g/mol. The van der Waals surface area contributed by atoms with Crippen LogP contribution in [0, 0.1) is 6.92 Å². The molecule has 1 fully saturated rings. The number of amides is 1. The first-order valence-corrected chi connectivity index (χ1v) is 9.61. The Morgan fingerprint density at radius 1 is 1.30 bits per heavy atom. The van der Waals surface area contributed by atoms with Crippen molar-refractivity contribution in [2.24, 2.45) is 0 Å². The monoisotopic (exact) mass is 368 g/mol. The average Bonchev–Trinajstić information content (AvgIpc) is 2.67. The molecule has 1 aliphatic heterocycles. The summed E-state index contributed by atoms with van der Waals surface area (Å²) in [6.45, 7) is 6.75. The predicted molar refractivity (Wildman–Crippen MR) is 107 cm³/mol. The minimum atomic E-state index is -0.399. The van der Waals surface area contributed by atoms with E-state index < -0.39 is 5.56 Å². The Bertz CT molecular complexity index is 844. The molecule has 27 heavy (non-hydrogen) atoms. The zero-order valence-corrected chi connectivity index (χ0v) is 16.4. The number of hydrogen-bond acceptors (Lipinski definition) is 4. The first-order valence-electron chi connectivity index (χ1n) is 9.61. The molecule has 2 heterocycles. The van der Waals surface area contributed by atoms with Crippen LogP contribution in [-0.2, 0) is 0 Å². The van der Waals surface area contributed by atoms with E-state index >= 15 is 0 Å². The van der Waals surface area contributed by atoms with Crippen molar-refractivity contribution in [3.63, 3.8) is 0 Å². The van der Waals surface area contributed by atoms with Crippen molar-refractivity contribution in [3.8, 4) is 11.4 Å². The smallest absolute Gasteiger partial charge is 0.264 e. The van der Waals surface area contributed by atoms with Gasteiger partial charge in [0.05, 0.1) is 0 Å². The van der Waals surface area contributed by atoms with Gasteiger partial charge in [0.25, 0.3) is 11.5 Å². The van der Waals surface area contributed by atoms with E-state index in [2.05, 4.69) is 21.8 Å². The molecule has 6 heteroatoms. The number of likely N-dealkylation sites (tertiary alicyclic amines) is 1. The van der Waals surface area contributed by atoms with Gasteiger partial charge in [-0.2, -0.15) is 0 Å². The van der Waals surface area contributed by atoms with Crippen molar-refractivity contribution >= 4 is 5.91 Å². The van der Waals surface area contributed by atoms with Crippen molar-refractivity contribution in [3.05, 3.63) is 51.9 Å². The number of hydrogen-bond donors (Lipinski definition) is 1. The molecular formula is C21H28N4O2. The van der Waals surface area contributed by atoms with Gasteiger partial charge in [0.1, 0.15) is 11.4 Å². The van der Waals surface area contributed by atoms with Gasteiger partial charge in [-0.3, -0.25) is 14.5 Å². The fourth-order valence-corrected chi connectivity index (χ4v) is 3.48. The number of likely N-dealkylation sites (N-methyl/N-ethyl adjacent to an activating group) is 1. The lowest BCUT2D eigenvalue weighted by Crippen LogP contribution is -2.43. The number of H-pyrrole nitrogens is 1. The fourth-order valence-electron chi connectivity index (χ4n) is 3.48. The van der Waals surface area contributed by atoms with Crippen molar-refractivity contribution < 1.29 is 4.79 Å². The van der Waals surface area contributed by atoms with Crippen LogP contribution in [0.1, 0.15) is 42.1 Å². The van der Waals surface area contributed by atoms with Crippen LogP contribution in [0.5, 0.6) is 0 Å². The number of piperidine rings is 1. The number of carbonyl (C=O) groups excluding carboxylic acids is 1. The molecule has 0 bridgehead atoms. The minimum Gasteiger partial charge on any atom is -0.340 e. The largest absolute Gasteiger partial charge is 0.340 e. The summed E-state index contributed by atoms with van der Waals surface area (Å²) in [4.78, 5) is 36.1. The van der Waals surface area contributed by atoms with Crippen LogP contribution < -0.4 is 5.56 Å². The molecule has 1 unspecified atom stereocenters. The molecule has 0 saturated carbocycles. The molecule has 1 saturated heterocycles. The lowest BCUT2D eigenvalue weighted by atomic mass is 10.0. The lowest BCUT2D eigenvalue weighted by molar-refractivity contribution is 0.0750. The SMILES string of the molecule is Cc1ccc(-c2ncc(C(=O)N(C)CCN3CCCCC3C)c(=O)[nH]2)cc1. The summed E-state index contributed by atoms with van der Waals surface area (Å²) in [5.74, 6) is 0.185. The number of nitrogens with one attached hydrogen (secondary N) is 1. The third-order valence-corrected chi connectivity index (χ3v) is 5.36. The Morgan fingerprint density at radius 3 is 2.70 bits per heavy atom. The summed E-state index contributed by atoms with van der Waals surface area (Å²) < 4.78 is 0. The van der Waals surface area contributed by atoms with Crippen molar-refractivity contribution in [1.82, 2.24) is 19.8 Å². The van der Waals surface area contributed by atoms with Crippen molar-refractivity contribution in [1.29, 1.82) is 0 Å². The quantitative estimate of drug-likeness (QED) is 0.881. The molecule has 0 radical (unpaired) electrons. The van der Waals surface area contributed by atoms with E-state index in [1.54, 1.807) is 11.9 Å². The number of aromatic nitrogens is 2. The fraction of sp³-hybridized carbons (Fsp3) is 0.476. The van der Waals surface area contributed by atoms with Crippen LogP contribution in [0.3, 0.4) is 0 Å². The normalized spacial score (nSPS) is 17.7. The minimum absolute atomic E-state index is 0.0834. The Morgan fingerprint density at radius 2 is 2.04 bits per heavy atom. The van der Waals surface area contributed by atoms with Gasteiger partial charge < -0.3 is 9.88 Å². The highest BCUT2D eigenvalue weighted by atomic mass is 16.2. The average molecular weight is 368 g/mol. The number of rotatable bonds is 5. The third-order valence-electron chi connectivity index (χ3n) is 5.36. The first-order chi connectivity index (χ1) is 13.0. The summed E-state index contributed by atoms with van der Waals surface area (Å²) in [7, 11) is 1.74. The van der Waals surface area contributed by atoms with Crippen LogP contribution in [0.2, 0.25) is 0 Å². The second kappa shape index (κ2) is 8.48. The summed E-state index contributed by atoms with van der Waals surface area (Å²) in [5, 5.41) is 0. The number of benzene rings is 1. The van der Waals surface area contributed by atoms with Crippen LogP contribution in [-0.4, -0.2) is 58.4 Å². The van der Waals surface area contributed by atoms with Crippen LogP contribution >= 0.6 is 0 Å². The van der Waals surface area contributed by atoms with E-state index in [-0.39, 0.29) is 11.5 Å². The van der Waals surface area contributed by atoms with Gasteiger partial charge in [0, 0.05) is 37.9 Å². The van der Waals surface area contributed by atoms with Gasteiger partial charge in [-0.25, -0.2) is 4.98 Å². The first kappa shape index (κ1) is 19.3. The van der Waals surface area contributed by atoms with Crippen LogP contribution in [0.15, 0.2) is 35.3 Å². The molecule has 6 nitrogen and oxygen atoms in total. The topological polar surface area (TPSA) is 69.3 Å². The highest BCUT2D eigenvalue weighted by Gasteiger charge is 2.21. The van der Waals surface area contributed by atoms with E-state index in [9.17, 15) is 9.59 Å². The molecule has 2 aromatic rings. The van der Waals surface area contributed by atoms with Crippen LogP contribution in [0.25, 0.3) is 11.4 Å². The van der Waals surface area contributed by atoms with E-state index in [4.69, 9.17) is 0 Å². The predicted octanol–water partition coefficient (Wildman–Crippen LogP) is 2.69. The Hall–Kier alpha value is -2.47. The van der Waals surface area contributed by atoms with Gasteiger partial charge in [-0.15, -0.1) is 0 Å². The number of aryl methyl sites for hydroxylation is 1. The van der Waals surface area contributed by atoms with Crippen molar-refractivity contribution in [2.75, 3.05) is 26.7 Å². The maximum atomic E-state index is 12.7. The van der Waals surface area contributed by atoms with E-state index in [0.29, 0.717) is 18.4 Å². The molecule has 144 valence electrons. The van der Waals surface area contributed by atoms with Gasteiger partial charge in [-0.05, 0) is 33.2 Å². The number of carbonyl (C=O) groups is 1. The third kappa shape index (κ3) is 4.63. The molecule has 1 N–H and O–H groups in total. The van der Waals surface area contributed by atoms with E-state index in [1.807, 2.05) is 31.2 Å². The molecule has 0 aliphatic carbocycles. The van der Waals surface area contributed by atoms with Gasteiger partial charge >= 0.3 is 0 Å². The summed E-state index contributed by atoms with van der Waals surface area (Å²) >= 11 is 0. The summed E-state index contributed by atoms with van der Waals surface area (Å²) in [6.07, 6.45) is 5.09. The molecule has 1 aromatic carbocycles. The number of nitrogens with zero attached hydrogens (tertiary/aromatic N) is 3. The molecule has 0 spiro atoms. The second-order valence-electron chi connectivity index (χ2n) is 7.45. The Balaban J connectivity index is 1.67. The Kier molecular flexibility index (Phi) is 6.06. The molecule has 1 aliphatic rings. The highest BCUT2D eigenvalue weighted by molar-refractivity contribution is 5.93. The maximum Gasteiger partial charge on any atom is 0.264 e. The van der Waals surface area contributed by atoms with E-state index in [1.165, 1.54) is 25.5 Å². The second-order valence-corrected chi connectivity index (χ2v) is 7.45. The molecule has 1 amide bonds. The lowest BCUT2D eigenvalue weighted by Gasteiger charge is -2.34. The molecule has 1 aromatic heterocycles. The van der Waals surface area contributed by atoms with Crippen LogP contribution in [0.4, 0.5) is 0 Å². The van der Waals surface area contributed by atoms with Gasteiger partial charge in [0.2, 0.25) is 0 Å². The standard InChI is InChI=1S/C21H28N4O2/c1-15-7-9-17(10-8-15)19-22-14-18(20(26)23-19)21(27)24(3)12-13-25-11-5-4-6-16(25)2/h7-10,14,16H,4-6,11-13H2,1-3H3,(H,22,23,26). The molecule has 3 rings (SSSR count). The maximum absolute atomic E-state index is 12.7. The Labute approximate surface area is 160 Å². The van der Waals surface area contributed by atoms with E-state index in [0.717, 1.165) is 24.2 Å². The number of aromatic amines is 1. The molecule has 1 atom stereocenters.